The highest BCUT2D eigenvalue weighted by Crippen LogP contribution is 2.62. The highest BCUT2D eigenvalue weighted by Gasteiger charge is 2.69. The quantitative estimate of drug-likeness (QED) is 0.277. The SMILES string of the molecule is CC(C)(O)CCC[C@@](C)(C/C=C\C(O)(C(F)(F)F)C(F)(F)F)[C@H]1CC[C@H]2[C@@H](O)CCC[C@@]12C. The zero-order chi connectivity index (χ0) is 25.5. The molecule has 0 bridgehead atoms. The van der Waals surface area contributed by atoms with Crippen LogP contribution in [0.2, 0.25) is 0 Å². The predicted molar refractivity (Wildman–Crippen MR) is 113 cm³/mol. The minimum atomic E-state index is -5.89. The molecule has 194 valence electrons. The maximum absolute atomic E-state index is 13.1. The van der Waals surface area contributed by atoms with E-state index in [1.807, 2.05) is 6.92 Å². The molecule has 0 unspecified atom stereocenters. The number of aliphatic hydroxyl groups is 3. The van der Waals surface area contributed by atoms with Crippen molar-refractivity contribution in [2.45, 2.75) is 115 Å². The Balaban J connectivity index is 2.35. The van der Waals surface area contributed by atoms with Gasteiger partial charge in [0.2, 0.25) is 0 Å². The number of allylic oxidation sites excluding steroid dienone is 1. The Kier molecular flexibility index (Phi) is 8.05. The molecule has 33 heavy (non-hydrogen) atoms. The maximum atomic E-state index is 13.1. The summed E-state index contributed by atoms with van der Waals surface area (Å²) in [6.07, 6.45) is -6.29. The zero-order valence-corrected chi connectivity index (χ0v) is 19.9. The van der Waals surface area contributed by atoms with Crippen molar-refractivity contribution in [3.8, 4) is 0 Å². The number of hydrogen-bond acceptors (Lipinski definition) is 3. The van der Waals surface area contributed by atoms with Crippen LogP contribution in [-0.4, -0.2) is 45.0 Å². The van der Waals surface area contributed by atoms with Crippen molar-refractivity contribution < 1.29 is 41.7 Å². The minimum Gasteiger partial charge on any atom is -0.393 e. The second-order valence-electron chi connectivity index (χ2n) is 11.4. The summed E-state index contributed by atoms with van der Waals surface area (Å²) < 4.78 is 78.6. The van der Waals surface area contributed by atoms with Crippen molar-refractivity contribution in [2.24, 2.45) is 22.7 Å². The highest BCUT2D eigenvalue weighted by molar-refractivity contribution is 5.13. The van der Waals surface area contributed by atoms with Crippen LogP contribution in [-0.2, 0) is 0 Å². The van der Waals surface area contributed by atoms with Crippen LogP contribution in [0.4, 0.5) is 26.3 Å². The van der Waals surface area contributed by atoms with E-state index < -0.39 is 35.1 Å². The summed E-state index contributed by atoms with van der Waals surface area (Å²) in [6, 6.07) is 0. The molecule has 0 aliphatic heterocycles. The van der Waals surface area contributed by atoms with Crippen molar-refractivity contribution in [3.63, 3.8) is 0 Å². The lowest BCUT2D eigenvalue weighted by Crippen LogP contribution is -2.55. The maximum Gasteiger partial charge on any atom is 0.429 e. The second kappa shape index (κ2) is 9.34. The molecular formula is C24H38F6O3. The Morgan fingerprint density at radius 1 is 0.909 bits per heavy atom. The Labute approximate surface area is 192 Å². The van der Waals surface area contributed by atoms with Gasteiger partial charge in [-0.3, -0.25) is 0 Å². The first-order chi connectivity index (χ1) is 14.8. The number of fused-ring (bicyclic) bond motifs is 1. The Hall–Kier alpha value is -0.800. The molecule has 0 saturated heterocycles. The van der Waals surface area contributed by atoms with Crippen molar-refractivity contribution >= 4 is 0 Å². The van der Waals surface area contributed by atoms with Gasteiger partial charge in [0.25, 0.3) is 5.60 Å². The molecule has 0 aromatic rings. The fourth-order valence-corrected chi connectivity index (χ4v) is 6.49. The zero-order valence-electron chi connectivity index (χ0n) is 19.9. The van der Waals surface area contributed by atoms with Gasteiger partial charge in [0.05, 0.1) is 11.7 Å². The van der Waals surface area contributed by atoms with E-state index in [4.69, 9.17) is 0 Å². The molecule has 5 atom stereocenters. The van der Waals surface area contributed by atoms with Crippen molar-refractivity contribution in [1.82, 2.24) is 0 Å². The first-order valence-corrected chi connectivity index (χ1v) is 11.7. The van der Waals surface area contributed by atoms with Gasteiger partial charge in [-0.05, 0) is 87.5 Å². The van der Waals surface area contributed by atoms with Gasteiger partial charge in [0.15, 0.2) is 0 Å². The molecule has 0 spiro atoms. The number of aliphatic hydroxyl groups excluding tert-OH is 1. The third-order valence-electron chi connectivity index (χ3n) is 8.27. The molecule has 2 fully saturated rings. The van der Waals surface area contributed by atoms with E-state index in [-0.39, 0.29) is 29.7 Å². The lowest BCUT2D eigenvalue weighted by Gasteiger charge is -2.50. The summed E-state index contributed by atoms with van der Waals surface area (Å²) >= 11 is 0. The highest BCUT2D eigenvalue weighted by atomic mass is 19.4. The molecule has 2 aliphatic rings. The molecule has 0 radical (unpaired) electrons. The second-order valence-corrected chi connectivity index (χ2v) is 11.4. The molecule has 0 aromatic heterocycles. The van der Waals surface area contributed by atoms with E-state index in [2.05, 4.69) is 6.92 Å². The molecule has 3 nitrogen and oxygen atoms in total. The van der Waals surface area contributed by atoms with Gasteiger partial charge in [-0.15, -0.1) is 0 Å². The summed E-state index contributed by atoms with van der Waals surface area (Å²) in [5.74, 6) is 0.0393. The van der Waals surface area contributed by atoms with Crippen LogP contribution in [0.25, 0.3) is 0 Å². The van der Waals surface area contributed by atoms with E-state index in [1.54, 1.807) is 13.8 Å². The smallest absolute Gasteiger partial charge is 0.393 e. The van der Waals surface area contributed by atoms with Crippen LogP contribution in [0.5, 0.6) is 0 Å². The predicted octanol–water partition coefficient (Wildman–Crippen LogP) is 6.31. The largest absolute Gasteiger partial charge is 0.429 e. The molecule has 2 saturated carbocycles. The molecule has 0 heterocycles. The van der Waals surface area contributed by atoms with Crippen molar-refractivity contribution in [1.29, 1.82) is 0 Å². The van der Waals surface area contributed by atoms with E-state index in [0.29, 0.717) is 25.7 Å². The van der Waals surface area contributed by atoms with Gasteiger partial charge in [-0.25, -0.2) is 0 Å². The van der Waals surface area contributed by atoms with E-state index >= 15 is 0 Å². The van der Waals surface area contributed by atoms with Gasteiger partial charge in [-0.2, -0.15) is 26.3 Å². The van der Waals surface area contributed by atoms with Crippen molar-refractivity contribution in [2.75, 3.05) is 0 Å². The Bertz CT molecular complexity index is 682. The summed E-state index contributed by atoms with van der Waals surface area (Å²) in [4.78, 5) is 0. The van der Waals surface area contributed by atoms with Crippen LogP contribution in [0.15, 0.2) is 12.2 Å². The molecular weight excluding hydrogens is 450 g/mol. The van der Waals surface area contributed by atoms with E-state index in [9.17, 15) is 41.7 Å². The third-order valence-corrected chi connectivity index (χ3v) is 8.27. The molecule has 2 rings (SSSR count). The summed E-state index contributed by atoms with van der Waals surface area (Å²) in [6.45, 7) is 7.27. The fourth-order valence-electron chi connectivity index (χ4n) is 6.49. The van der Waals surface area contributed by atoms with E-state index in [1.165, 1.54) is 0 Å². The molecule has 3 N–H and O–H groups in total. The van der Waals surface area contributed by atoms with Gasteiger partial charge in [-0.1, -0.05) is 32.8 Å². The molecule has 0 aromatic carbocycles. The number of alkyl halides is 6. The summed E-state index contributed by atoms with van der Waals surface area (Å²) in [7, 11) is 0. The van der Waals surface area contributed by atoms with Gasteiger partial charge in [0.1, 0.15) is 0 Å². The van der Waals surface area contributed by atoms with Crippen molar-refractivity contribution in [3.05, 3.63) is 12.2 Å². The average Bonchev–Trinajstić information content (AvgIpc) is 2.97. The third kappa shape index (κ3) is 5.89. The molecule has 2 aliphatic carbocycles. The monoisotopic (exact) mass is 488 g/mol. The summed E-state index contributed by atoms with van der Waals surface area (Å²) in [5, 5.41) is 30.1. The van der Waals surface area contributed by atoms with Gasteiger partial charge < -0.3 is 15.3 Å². The Morgan fingerprint density at radius 3 is 2.00 bits per heavy atom. The Morgan fingerprint density at radius 2 is 1.48 bits per heavy atom. The fraction of sp³-hybridized carbons (Fsp3) is 0.917. The lowest BCUT2D eigenvalue weighted by atomic mass is 9.56. The average molecular weight is 489 g/mol. The summed E-state index contributed by atoms with van der Waals surface area (Å²) in [5.41, 5.74) is -6.76. The first kappa shape index (κ1) is 28.4. The topological polar surface area (TPSA) is 60.7 Å². The first-order valence-electron chi connectivity index (χ1n) is 11.7. The number of hydrogen-bond donors (Lipinski definition) is 3. The number of halogens is 6. The van der Waals surface area contributed by atoms with Crippen LogP contribution >= 0.6 is 0 Å². The van der Waals surface area contributed by atoms with Crippen LogP contribution in [0, 0.1) is 22.7 Å². The lowest BCUT2D eigenvalue weighted by molar-refractivity contribution is -0.347. The van der Waals surface area contributed by atoms with Crippen LogP contribution < -0.4 is 0 Å². The van der Waals surface area contributed by atoms with Gasteiger partial charge >= 0.3 is 12.4 Å². The normalized spacial score (nSPS) is 31.6. The standard InChI is InChI=1S/C24H38F6O3/c1-19(2,32)11-6-12-20(3,13-7-15-22(33,23(25,26)27)24(28,29)30)18-10-9-16-17(31)8-5-14-21(16,18)4/h7,15-18,31-33H,5-6,8-14H2,1-4H3/b15-7-/t16-,17-,18+,20-,21+/m0/s1. The van der Waals surface area contributed by atoms with E-state index in [0.717, 1.165) is 31.8 Å². The van der Waals surface area contributed by atoms with Gasteiger partial charge in [0, 0.05) is 0 Å². The molecule has 9 heteroatoms. The van der Waals surface area contributed by atoms with Crippen LogP contribution in [0.1, 0.15) is 85.5 Å². The van der Waals surface area contributed by atoms with Crippen LogP contribution in [0.3, 0.4) is 0 Å². The minimum absolute atomic E-state index is 0.0127. The number of rotatable bonds is 8. The molecule has 0 amide bonds.